The molecule has 1 aromatic rings. The van der Waals surface area contributed by atoms with Crippen LogP contribution in [0.25, 0.3) is 0 Å². The molecule has 0 aliphatic rings. The van der Waals surface area contributed by atoms with E-state index in [4.69, 9.17) is 4.74 Å². The first kappa shape index (κ1) is 16.5. The number of amides is 1. The Kier molecular flexibility index (Phi) is 6.54. The van der Waals surface area contributed by atoms with Crippen LogP contribution in [0.1, 0.15) is 25.5 Å². The first-order chi connectivity index (χ1) is 9.45. The standard InChI is InChI=1S/C14H20F2N2O2/c1-9(12-8-11(15)4-5-13(12)16)18-10(2)14(19)17-6-7-20-3/h4-5,8-10,18H,6-7H2,1-3H3,(H,17,19). The van der Waals surface area contributed by atoms with Gasteiger partial charge in [-0.15, -0.1) is 0 Å². The van der Waals surface area contributed by atoms with Crippen molar-refractivity contribution in [3.05, 3.63) is 35.4 Å². The van der Waals surface area contributed by atoms with Gasteiger partial charge in [0.1, 0.15) is 11.6 Å². The Morgan fingerprint density at radius 2 is 2.05 bits per heavy atom. The van der Waals surface area contributed by atoms with Crippen molar-refractivity contribution in [3.63, 3.8) is 0 Å². The Morgan fingerprint density at radius 3 is 2.70 bits per heavy atom. The zero-order chi connectivity index (χ0) is 15.1. The summed E-state index contributed by atoms with van der Waals surface area (Å²) >= 11 is 0. The number of halogens is 2. The number of benzene rings is 1. The summed E-state index contributed by atoms with van der Waals surface area (Å²) in [7, 11) is 1.54. The van der Waals surface area contributed by atoms with E-state index in [1.165, 1.54) is 0 Å². The molecule has 112 valence electrons. The number of hydrogen-bond acceptors (Lipinski definition) is 3. The van der Waals surface area contributed by atoms with Crippen molar-refractivity contribution in [1.82, 2.24) is 10.6 Å². The van der Waals surface area contributed by atoms with E-state index in [2.05, 4.69) is 10.6 Å². The smallest absolute Gasteiger partial charge is 0.236 e. The third-order valence-corrected chi connectivity index (χ3v) is 2.92. The number of carbonyl (C=O) groups excluding carboxylic acids is 1. The van der Waals surface area contributed by atoms with E-state index >= 15 is 0 Å². The maximum absolute atomic E-state index is 13.6. The third kappa shape index (κ3) is 4.86. The molecule has 1 rings (SSSR count). The van der Waals surface area contributed by atoms with Gasteiger partial charge in [-0.3, -0.25) is 10.1 Å². The van der Waals surface area contributed by atoms with Crippen LogP contribution in [0.2, 0.25) is 0 Å². The Morgan fingerprint density at radius 1 is 1.35 bits per heavy atom. The van der Waals surface area contributed by atoms with Gasteiger partial charge < -0.3 is 10.1 Å². The topological polar surface area (TPSA) is 50.4 Å². The molecule has 2 atom stereocenters. The predicted octanol–water partition coefficient (Wildman–Crippen LogP) is 1.77. The van der Waals surface area contributed by atoms with Crippen LogP contribution in [-0.2, 0) is 9.53 Å². The van der Waals surface area contributed by atoms with Crippen LogP contribution in [0.3, 0.4) is 0 Å². The number of ether oxygens (including phenoxy) is 1. The molecule has 4 nitrogen and oxygen atoms in total. The van der Waals surface area contributed by atoms with Crippen LogP contribution < -0.4 is 10.6 Å². The van der Waals surface area contributed by atoms with Crippen LogP contribution in [0, 0.1) is 11.6 Å². The molecular formula is C14H20F2N2O2. The maximum Gasteiger partial charge on any atom is 0.236 e. The van der Waals surface area contributed by atoms with Gasteiger partial charge in [-0.2, -0.15) is 0 Å². The average Bonchev–Trinajstić information content (AvgIpc) is 2.41. The fourth-order valence-electron chi connectivity index (χ4n) is 1.82. The largest absolute Gasteiger partial charge is 0.383 e. The second-order valence-corrected chi connectivity index (χ2v) is 4.56. The molecule has 0 aliphatic heterocycles. The van der Waals surface area contributed by atoms with Gasteiger partial charge in [-0.1, -0.05) is 0 Å². The van der Waals surface area contributed by atoms with Crippen LogP contribution in [0.5, 0.6) is 0 Å². The highest BCUT2D eigenvalue weighted by atomic mass is 19.1. The van der Waals surface area contributed by atoms with E-state index < -0.39 is 23.7 Å². The minimum absolute atomic E-state index is 0.196. The average molecular weight is 286 g/mol. The van der Waals surface area contributed by atoms with Crippen molar-refractivity contribution >= 4 is 5.91 Å². The molecule has 0 fully saturated rings. The Bertz CT molecular complexity index is 455. The Hall–Kier alpha value is -1.53. The number of nitrogens with one attached hydrogen (secondary N) is 2. The molecule has 0 spiro atoms. The first-order valence-corrected chi connectivity index (χ1v) is 6.43. The highest BCUT2D eigenvalue weighted by Crippen LogP contribution is 2.18. The summed E-state index contributed by atoms with van der Waals surface area (Å²) in [4.78, 5) is 11.7. The van der Waals surface area contributed by atoms with E-state index in [9.17, 15) is 13.6 Å². The highest BCUT2D eigenvalue weighted by Gasteiger charge is 2.18. The summed E-state index contributed by atoms with van der Waals surface area (Å²) in [5.74, 6) is -1.23. The third-order valence-electron chi connectivity index (χ3n) is 2.92. The number of rotatable bonds is 7. The molecule has 1 amide bonds. The van der Waals surface area contributed by atoms with Crippen molar-refractivity contribution in [2.24, 2.45) is 0 Å². The molecular weight excluding hydrogens is 266 g/mol. The van der Waals surface area contributed by atoms with Gasteiger partial charge in [0.25, 0.3) is 0 Å². The van der Waals surface area contributed by atoms with Gasteiger partial charge in [0.05, 0.1) is 12.6 Å². The minimum Gasteiger partial charge on any atom is -0.383 e. The van der Waals surface area contributed by atoms with Crippen molar-refractivity contribution in [2.75, 3.05) is 20.3 Å². The molecule has 0 saturated heterocycles. The molecule has 0 aromatic heterocycles. The zero-order valence-electron chi connectivity index (χ0n) is 11.9. The molecule has 0 heterocycles. The summed E-state index contributed by atoms with van der Waals surface area (Å²) in [5, 5.41) is 5.60. The number of carbonyl (C=O) groups is 1. The van der Waals surface area contributed by atoms with Crippen LogP contribution in [0.15, 0.2) is 18.2 Å². The SMILES string of the molecule is COCCNC(=O)C(C)NC(C)c1cc(F)ccc1F. The maximum atomic E-state index is 13.6. The van der Waals surface area contributed by atoms with E-state index in [0.29, 0.717) is 13.2 Å². The van der Waals surface area contributed by atoms with Crippen molar-refractivity contribution in [2.45, 2.75) is 25.9 Å². The Labute approximate surface area is 117 Å². The van der Waals surface area contributed by atoms with Gasteiger partial charge in [-0.05, 0) is 32.0 Å². The van der Waals surface area contributed by atoms with Gasteiger partial charge in [0.15, 0.2) is 0 Å². The van der Waals surface area contributed by atoms with Crippen LogP contribution in [0.4, 0.5) is 8.78 Å². The molecule has 0 bridgehead atoms. The minimum atomic E-state index is -0.524. The van der Waals surface area contributed by atoms with E-state index in [1.807, 2.05) is 0 Å². The highest BCUT2D eigenvalue weighted by molar-refractivity contribution is 5.81. The summed E-state index contributed by atoms with van der Waals surface area (Å²) < 4.78 is 31.5. The summed E-state index contributed by atoms with van der Waals surface area (Å²) in [6.07, 6.45) is 0. The first-order valence-electron chi connectivity index (χ1n) is 6.43. The second kappa shape index (κ2) is 7.91. The lowest BCUT2D eigenvalue weighted by Crippen LogP contribution is -2.44. The van der Waals surface area contributed by atoms with E-state index in [0.717, 1.165) is 18.2 Å². The lowest BCUT2D eigenvalue weighted by Gasteiger charge is -2.20. The van der Waals surface area contributed by atoms with Crippen LogP contribution in [-0.4, -0.2) is 32.2 Å². The van der Waals surface area contributed by atoms with Crippen molar-refractivity contribution < 1.29 is 18.3 Å². The fourth-order valence-corrected chi connectivity index (χ4v) is 1.82. The van der Waals surface area contributed by atoms with Gasteiger partial charge in [0.2, 0.25) is 5.91 Å². The fraction of sp³-hybridized carbons (Fsp3) is 0.500. The molecule has 2 N–H and O–H groups in total. The van der Waals surface area contributed by atoms with Gasteiger partial charge >= 0.3 is 0 Å². The van der Waals surface area contributed by atoms with Crippen molar-refractivity contribution in [1.29, 1.82) is 0 Å². The molecule has 20 heavy (non-hydrogen) atoms. The number of hydrogen-bond donors (Lipinski definition) is 2. The summed E-state index contributed by atoms with van der Waals surface area (Å²) in [5.41, 5.74) is 0.196. The Balaban J connectivity index is 2.58. The lowest BCUT2D eigenvalue weighted by molar-refractivity contribution is -0.123. The van der Waals surface area contributed by atoms with Gasteiger partial charge in [-0.25, -0.2) is 8.78 Å². The monoisotopic (exact) mass is 286 g/mol. The quantitative estimate of drug-likeness (QED) is 0.751. The van der Waals surface area contributed by atoms with E-state index in [1.54, 1.807) is 21.0 Å². The molecule has 6 heteroatoms. The molecule has 1 aromatic carbocycles. The van der Waals surface area contributed by atoms with Crippen molar-refractivity contribution in [3.8, 4) is 0 Å². The van der Waals surface area contributed by atoms with Crippen LogP contribution >= 0.6 is 0 Å². The molecule has 2 unspecified atom stereocenters. The summed E-state index contributed by atoms with van der Waals surface area (Å²) in [6, 6.07) is 2.26. The number of methoxy groups -OCH3 is 1. The van der Waals surface area contributed by atoms with Gasteiger partial charge in [0, 0.05) is 25.3 Å². The second-order valence-electron chi connectivity index (χ2n) is 4.56. The van der Waals surface area contributed by atoms with E-state index in [-0.39, 0.29) is 11.5 Å². The zero-order valence-corrected chi connectivity index (χ0v) is 11.9. The summed E-state index contributed by atoms with van der Waals surface area (Å²) in [6.45, 7) is 4.17. The molecule has 0 saturated carbocycles. The molecule has 0 aliphatic carbocycles. The molecule has 0 radical (unpaired) electrons. The normalized spacial score (nSPS) is 13.8. The lowest BCUT2D eigenvalue weighted by atomic mass is 10.1. The predicted molar refractivity (Wildman–Crippen MR) is 72.3 cm³/mol.